The van der Waals surface area contributed by atoms with Crippen molar-refractivity contribution in [2.75, 3.05) is 14.2 Å². The highest BCUT2D eigenvalue weighted by molar-refractivity contribution is 7.18. The van der Waals surface area contributed by atoms with Gasteiger partial charge in [-0.1, -0.05) is 30.3 Å². The van der Waals surface area contributed by atoms with E-state index in [1.54, 1.807) is 25.6 Å². The fourth-order valence-corrected chi connectivity index (χ4v) is 5.47. The highest BCUT2D eigenvalue weighted by Crippen LogP contribution is 2.37. The third-order valence-electron chi connectivity index (χ3n) is 7.23. The van der Waals surface area contributed by atoms with Crippen molar-refractivity contribution in [3.8, 4) is 11.5 Å². The van der Waals surface area contributed by atoms with Crippen molar-refractivity contribution in [3.05, 3.63) is 82.4 Å². The summed E-state index contributed by atoms with van der Waals surface area (Å²) >= 11 is 1.73. The average Bonchev–Trinajstić information content (AvgIpc) is 3.36. The molecule has 0 spiro atoms. The number of ether oxygens (including phenoxy) is 2. The van der Waals surface area contributed by atoms with Crippen LogP contribution in [-0.4, -0.2) is 37.5 Å². The van der Waals surface area contributed by atoms with E-state index in [-0.39, 0.29) is 6.15 Å². The SMILES string of the molecule is COc1ccc(Cc2nc3c(Cc4ccc(OC)cc4)cc(B4OC(C)(C)C(C)(C)O4)cc3s2)cc1.N. The number of fused-ring (bicyclic) bond motifs is 1. The van der Waals surface area contributed by atoms with Crippen LogP contribution in [0.1, 0.15) is 49.4 Å². The van der Waals surface area contributed by atoms with Crippen LogP contribution in [0.5, 0.6) is 11.5 Å². The molecule has 0 bridgehead atoms. The van der Waals surface area contributed by atoms with E-state index in [1.807, 2.05) is 24.3 Å². The van der Waals surface area contributed by atoms with Gasteiger partial charge in [-0.25, -0.2) is 4.98 Å². The number of nitrogens with zero attached hydrogens (tertiary/aromatic N) is 1. The third kappa shape index (κ3) is 5.53. The molecule has 0 atom stereocenters. The van der Waals surface area contributed by atoms with Crippen LogP contribution in [-0.2, 0) is 22.2 Å². The van der Waals surface area contributed by atoms with Gasteiger partial charge in [-0.3, -0.25) is 0 Å². The lowest BCUT2D eigenvalue weighted by Crippen LogP contribution is -2.41. The Hall–Kier alpha value is -2.91. The number of thiazole rings is 1. The van der Waals surface area contributed by atoms with Gasteiger partial charge in [0.15, 0.2) is 0 Å². The van der Waals surface area contributed by atoms with Gasteiger partial charge in [0.25, 0.3) is 0 Å². The topological polar surface area (TPSA) is 84.8 Å². The second-order valence-corrected chi connectivity index (χ2v) is 11.4. The normalized spacial score (nSPS) is 16.0. The lowest BCUT2D eigenvalue weighted by atomic mass is 9.78. The van der Waals surface area contributed by atoms with Crippen molar-refractivity contribution in [1.82, 2.24) is 11.1 Å². The lowest BCUT2D eigenvalue weighted by molar-refractivity contribution is 0.00578. The summed E-state index contributed by atoms with van der Waals surface area (Å²) in [6.07, 6.45) is 1.54. The van der Waals surface area contributed by atoms with Crippen LogP contribution in [0.2, 0.25) is 0 Å². The van der Waals surface area contributed by atoms with Gasteiger partial charge in [-0.2, -0.15) is 0 Å². The Morgan fingerprint density at radius 1 is 0.784 bits per heavy atom. The van der Waals surface area contributed by atoms with Crippen LogP contribution in [0, 0.1) is 0 Å². The zero-order valence-electron chi connectivity index (χ0n) is 22.5. The highest BCUT2D eigenvalue weighted by atomic mass is 32.1. The number of hydrogen-bond donors (Lipinski definition) is 1. The summed E-state index contributed by atoms with van der Waals surface area (Å²) in [6.45, 7) is 8.35. The van der Waals surface area contributed by atoms with Gasteiger partial charge in [0.2, 0.25) is 0 Å². The fourth-order valence-electron chi connectivity index (χ4n) is 4.38. The smallest absolute Gasteiger partial charge is 0.494 e. The average molecular weight is 518 g/mol. The Morgan fingerprint density at radius 2 is 1.30 bits per heavy atom. The molecule has 3 aromatic carbocycles. The van der Waals surface area contributed by atoms with E-state index in [4.69, 9.17) is 23.8 Å². The first-order valence-corrected chi connectivity index (χ1v) is 13.0. The Kier molecular flexibility index (Phi) is 7.67. The minimum absolute atomic E-state index is 0. The predicted molar refractivity (Wildman–Crippen MR) is 152 cm³/mol. The molecule has 4 aromatic rings. The molecular weight excluding hydrogens is 483 g/mol. The summed E-state index contributed by atoms with van der Waals surface area (Å²) in [4.78, 5) is 5.09. The molecule has 5 rings (SSSR count). The summed E-state index contributed by atoms with van der Waals surface area (Å²) in [5, 5.41) is 1.08. The maximum atomic E-state index is 6.39. The first-order chi connectivity index (χ1) is 17.2. The van der Waals surface area contributed by atoms with Gasteiger partial charge in [0.1, 0.15) is 11.5 Å². The van der Waals surface area contributed by atoms with Gasteiger partial charge in [0, 0.05) is 6.42 Å². The Labute approximate surface area is 223 Å². The van der Waals surface area contributed by atoms with E-state index in [2.05, 4.69) is 64.1 Å². The summed E-state index contributed by atoms with van der Waals surface area (Å²) in [7, 11) is 2.96. The molecule has 2 heterocycles. The second kappa shape index (κ2) is 10.5. The lowest BCUT2D eigenvalue weighted by Gasteiger charge is -2.32. The minimum Gasteiger partial charge on any atom is -0.497 e. The molecule has 3 N–H and O–H groups in total. The van der Waals surface area contributed by atoms with Crippen LogP contribution in [0.25, 0.3) is 10.2 Å². The molecule has 0 unspecified atom stereocenters. The van der Waals surface area contributed by atoms with Gasteiger partial charge in [0.05, 0.1) is 40.6 Å². The molecule has 8 heteroatoms. The molecule has 1 aliphatic heterocycles. The van der Waals surface area contributed by atoms with Crippen molar-refractivity contribution in [3.63, 3.8) is 0 Å². The van der Waals surface area contributed by atoms with Crippen molar-refractivity contribution in [2.24, 2.45) is 0 Å². The number of methoxy groups -OCH3 is 2. The predicted octanol–water partition coefficient (Wildman–Crippen LogP) is 5.96. The maximum Gasteiger partial charge on any atom is 0.494 e. The van der Waals surface area contributed by atoms with E-state index in [1.165, 1.54) is 16.7 Å². The molecule has 1 aliphatic rings. The summed E-state index contributed by atoms with van der Waals surface area (Å²) in [5.41, 5.74) is 4.86. The van der Waals surface area contributed by atoms with Gasteiger partial charge in [-0.05, 0) is 86.6 Å². The van der Waals surface area contributed by atoms with Gasteiger partial charge in [-0.15, -0.1) is 11.3 Å². The molecule has 1 saturated heterocycles. The summed E-state index contributed by atoms with van der Waals surface area (Å²) in [5.74, 6) is 1.71. The van der Waals surface area contributed by atoms with E-state index in [9.17, 15) is 0 Å². The van der Waals surface area contributed by atoms with Crippen molar-refractivity contribution in [2.45, 2.75) is 51.7 Å². The van der Waals surface area contributed by atoms with Crippen LogP contribution >= 0.6 is 11.3 Å². The molecule has 0 aliphatic carbocycles. The van der Waals surface area contributed by atoms with E-state index >= 15 is 0 Å². The summed E-state index contributed by atoms with van der Waals surface area (Å²) in [6, 6.07) is 20.8. The molecular formula is C29H35BN2O4S. The zero-order chi connectivity index (χ0) is 25.5. The van der Waals surface area contributed by atoms with E-state index < -0.39 is 18.3 Å². The Morgan fingerprint density at radius 3 is 1.81 bits per heavy atom. The minimum atomic E-state index is -0.416. The van der Waals surface area contributed by atoms with Crippen molar-refractivity contribution >= 4 is 34.1 Å². The monoisotopic (exact) mass is 518 g/mol. The quantitative estimate of drug-likeness (QED) is 0.304. The molecule has 6 nitrogen and oxygen atoms in total. The maximum absolute atomic E-state index is 6.39. The van der Waals surface area contributed by atoms with Crippen molar-refractivity contribution < 1.29 is 18.8 Å². The number of benzene rings is 3. The standard InChI is InChI=1S/C29H32BNO4S.H3N/c1-28(2)29(3,4)35-30(34-28)22-17-21(15-19-7-11-23(32-5)12-8-19)27-25(18-22)36-26(31-27)16-20-9-13-24(33-6)14-10-20;/h7-14,17-18H,15-16H2,1-6H3;1H3. The molecule has 0 saturated carbocycles. The van der Waals surface area contributed by atoms with Gasteiger partial charge >= 0.3 is 7.12 Å². The van der Waals surface area contributed by atoms with Crippen LogP contribution in [0.3, 0.4) is 0 Å². The Balaban J connectivity index is 0.00000320. The molecule has 1 aromatic heterocycles. The molecule has 1 fully saturated rings. The van der Waals surface area contributed by atoms with Crippen LogP contribution < -0.4 is 21.1 Å². The number of hydrogen-bond acceptors (Lipinski definition) is 7. The zero-order valence-corrected chi connectivity index (χ0v) is 23.3. The second-order valence-electron chi connectivity index (χ2n) is 10.3. The van der Waals surface area contributed by atoms with Crippen LogP contribution in [0.15, 0.2) is 60.7 Å². The van der Waals surface area contributed by atoms with E-state index in [0.717, 1.165) is 45.0 Å². The molecule has 0 amide bonds. The third-order valence-corrected chi connectivity index (χ3v) is 8.24. The first-order valence-electron chi connectivity index (χ1n) is 12.2. The Bertz CT molecular complexity index is 1350. The molecule has 0 radical (unpaired) electrons. The number of aromatic nitrogens is 1. The molecule has 194 valence electrons. The van der Waals surface area contributed by atoms with Crippen LogP contribution in [0.4, 0.5) is 0 Å². The van der Waals surface area contributed by atoms with E-state index in [0.29, 0.717) is 0 Å². The molecule has 37 heavy (non-hydrogen) atoms. The van der Waals surface area contributed by atoms with Crippen molar-refractivity contribution in [1.29, 1.82) is 0 Å². The summed E-state index contributed by atoms with van der Waals surface area (Å²) < 4.78 is 24.6. The largest absolute Gasteiger partial charge is 0.497 e. The number of rotatable bonds is 7. The fraction of sp³-hybridized carbons (Fsp3) is 0.345. The first kappa shape index (κ1) is 27.1. The highest BCUT2D eigenvalue weighted by Gasteiger charge is 2.51. The van der Waals surface area contributed by atoms with Gasteiger partial charge < -0.3 is 24.9 Å².